The van der Waals surface area contributed by atoms with E-state index in [0.29, 0.717) is 31.6 Å². The second-order valence-electron chi connectivity index (χ2n) is 11.9. The number of aliphatic imine (C=N–C) groups is 1. The van der Waals surface area contributed by atoms with Crippen LogP contribution in [0.1, 0.15) is 46.5 Å². The fraction of sp³-hybridized carbons (Fsp3) is 0.394. The van der Waals surface area contributed by atoms with Crippen LogP contribution in [-0.4, -0.2) is 81.6 Å². The van der Waals surface area contributed by atoms with Crippen molar-refractivity contribution in [1.29, 1.82) is 0 Å². The average Bonchev–Trinajstić information content (AvgIpc) is 3.75. The number of benzene rings is 2. The Morgan fingerprint density at radius 3 is 2.63 bits per heavy atom. The lowest BCUT2D eigenvalue weighted by Crippen LogP contribution is -2.40. The minimum Gasteiger partial charge on any atom is -0.492 e. The normalized spacial score (nSPS) is 15.4. The number of fused-ring (bicyclic) bond motifs is 1. The number of nitrogens with zero attached hydrogens (tertiary/aromatic N) is 2. The molecule has 0 bridgehead atoms. The molecular weight excluding hydrogens is 673 g/mol. The van der Waals surface area contributed by atoms with Gasteiger partial charge in [0.05, 0.1) is 25.3 Å². The molecule has 1 amide bonds. The number of esters is 1. The third-order valence-corrected chi connectivity index (χ3v) is 10.8. The first-order valence-electron chi connectivity index (χ1n) is 15.8. The Bertz CT molecular complexity index is 1830. The van der Waals surface area contributed by atoms with Gasteiger partial charge in [0.1, 0.15) is 21.6 Å². The van der Waals surface area contributed by atoms with E-state index >= 15 is 0 Å². The molecule has 14 nitrogen and oxygen atoms in total. The number of nitrogens with one attached hydrogen (secondary N) is 2. The molecule has 49 heavy (non-hydrogen) atoms. The van der Waals surface area contributed by atoms with Gasteiger partial charge in [-0.05, 0) is 90.7 Å². The Morgan fingerprint density at radius 1 is 1.14 bits per heavy atom. The third kappa shape index (κ3) is 8.87. The van der Waals surface area contributed by atoms with Crippen molar-refractivity contribution in [3.63, 3.8) is 0 Å². The van der Waals surface area contributed by atoms with Crippen LogP contribution in [0.2, 0.25) is 0 Å². The van der Waals surface area contributed by atoms with Crippen LogP contribution < -0.4 is 26.2 Å². The molecule has 1 fully saturated rings. The van der Waals surface area contributed by atoms with Crippen LogP contribution in [0.15, 0.2) is 57.7 Å². The van der Waals surface area contributed by atoms with Gasteiger partial charge in [-0.25, -0.2) is 13.2 Å². The summed E-state index contributed by atoms with van der Waals surface area (Å²) in [5.41, 5.74) is 14.0. The minimum atomic E-state index is -4.26. The highest BCUT2D eigenvalue weighted by atomic mass is 32.2. The number of anilines is 1. The standard InChI is InChI=1S/C33H40N6O8S2/c1-46-32(43)21-7-12-39(13-8-21)19-20-4-2-5-22(16-20)24-17-23-9-14-47-28(23)27(18-24)49(44,45)38-25-10-15-48-29(25)30(40)37-26(31(41)42)6-3-11-36-33(34)35/h2,4-5,10,15-18,21,26,38H,3,6-9,11-14,19H2,1H3,(H,37,40)(H,41,42)(H4,34,35,36). The molecule has 0 saturated carbocycles. The van der Waals surface area contributed by atoms with Gasteiger partial charge in [-0.15, -0.1) is 11.3 Å². The molecule has 1 aromatic heterocycles. The summed E-state index contributed by atoms with van der Waals surface area (Å²) in [6, 6.07) is 11.6. The number of likely N-dealkylation sites (tertiary alicyclic amines) is 1. The Balaban J connectivity index is 1.33. The van der Waals surface area contributed by atoms with Gasteiger partial charge in [0.15, 0.2) is 5.96 Å². The Hall–Kier alpha value is -4.67. The maximum atomic E-state index is 13.9. The zero-order chi connectivity index (χ0) is 35.1. The first-order chi connectivity index (χ1) is 23.4. The van der Waals surface area contributed by atoms with Gasteiger partial charge in [-0.2, -0.15) is 0 Å². The Labute approximate surface area is 288 Å². The number of guanidine groups is 1. The molecule has 16 heteroatoms. The van der Waals surface area contributed by atoms with Gasteiger partial charge in [-0.3, -0.25) is 24.2 Å². The molecule has 1 saturated heterocycles. The van der Waals surface area contributed by atoms with Crippen molar-refractivity contribution in [2.75, 3.05) is 38.1 Å². The van der Waals surface area contributed by atoms with E-state index in [0.717, 1.165) is 54.0 Å². The molecule has 0 radical (unpaired) electrons. The quantitative estimate of drug-likeness (QED) is 0.0709. The number of carboxylic acid groups (broad SMARTS) is 1. The molecule has 0 spiro atoms. The molecule has 1 unspecified atom stereocenters. The highest BCUT2D eigenvalue weighted by Gasteiger charge is 2.30. The van der Waals surface area contributed by atoms with Gasteiger partial charge in [0.2, 0.25) is 0 Å². The smallest absolute Gasteiger partial charge is 0.326 e. The SMILES string of the molecule is COC(=O)C1CCN(Cc2cccc(-c3cc4c(c(S(=O)(=O)Nc5ccsc5C(=O)NC(CCCN=C(N)N)C(=O)O)c3)OCC4)c2)CC1. The molecule has 2 aliphatic heterocycles. The summed E-state index contributed by atoms with van der Waals surface area (Å²) in [4.78, 5) is 42.9. The molecule has 3 aromatic rings. The molecule has 262 valence electrons. The highest BCUT2D eigenvalue weighted by molar-refractivity contribution is 7.92. The number of nitrogens with two attached hydrogens (primary N) is 2. The second kappa shape index (κ2) is 15.7. The average molecular weight is 713 g/mol. The largest absolute Gasteiger partial charge is 0.492 e. The third-order valence-electron chi connectivity index (χ3n) is 8.49. The maximum Gasteiger partial charge on any atom is 0.326 e. The van der Waals surface area contributed by atoms with Crippen molar-refractivity contribution in [2.24, 2.45) is 22.4 Å². The molecular formula is C33H40N6O8S2. The summed E-state index contributed by atoms with van der Waals surface area (Å²) in [6.45, 7) is 2.75. The van der Waals surface area contributed by atoms with Crippen LogP contribution in [0.5, 0.6) is 5.75 Å². The van der Waals surface area contributed by atoms with Crippen LogP contribution in [0.4, 0.5) is 5.69 Å². The zero-order valence-corrected chi connectivity index (χ0v) is 28.6. The predicted molar refractivity (Wildman–Crippen MR) is 185 cm³/mol. The number of hydrogen-bond donors (Lipinski definition) is 5. The predicted octanol–water partition coefficient (Wildman–Crippen LogP) is 2.77. The number of hydrogen-bond acceptors (Lipinski definition) is 10. The first kappa shape index (κ1) is 35.6. The van der Waals surface area contributed by atoms with Gasteiger partial charge in [0.25, 0.3) is 15.9 Å². The van der Waals surface area contributed by atoms with E-state index in [2.05, 4.69) is 19.9 Å². The van der Waals surface area contributed by atoms with Crippen molar-refractivity contribution < 1.29 is 37.4 Å². The van der Waals surface area contributed by atoms with E-state index in [1.807, 2.05) is 30.3 Å². The van der Waals surface area contributed by atoms with Gasteiger partial charge in [0, 0.05) is 19.5 Å². The van der Waals surface area contributed by atoms with Gasteiger partial charge in [-0.1, -0.05) is 18.2 Å². The first-order valence-corrected chi connectivity index (χ1v) is 18.2. The van der Waals surface area contributed by atoms with Crippen molar-refractivity contribution in [3.8, 4) is 16.9 Å². The number of methoxy groups -OCH3 is 1. The number of sulfonamides is 1. The van der Waals surface area contributed by atoms with Crippen LogP contribution in [0.3, 0.4) is 0 Å². The molecule has 2 aromatic carbocycles. The van der Waals surface area contributed by atoms with Crippen molar-refractivity contribution in [1.82, 2.24) is 10.2 Å². The number of carboxylic acids is 1. The molecule has 3 heterocycles. The Morgan fingerprint density at radius 2 is 1.92 bits per heavy atom. The number of ether oxygens (including phenoxy) is 2. The van der Waals surface area contributed by atoms with E-state index in [1.54, 1.807) is 11.4 Å². The number of amides is 1. The number of aliphatic carboxylic acids is 1. The van der Waals surface area contributed by atoms with Crippen molar-refractivity contribution in [2.45, 2.75) is 49.6 Å². The van der Waals surface area contributed by atoms with Crippen molar-refractivity contribution >= 4 is 50.9 Å². The lowest BCUT2D eigenvalue weighted by atomic mass is 9.96. The highest BCUT2D eigenvalue weighted by Crippen LogP contribution is 2.39. The lowest BCUT2D eigenvalue weighted by molar-refractivity contribution is -0.147. The number of carbonyl (C=O) groups excluding carboxylic acids is 2. The topological polar surface area (TPSA) is 216 Å². The van der Waals surface area contributed by atoms with Gasteiger partial charge < -0.3 is 31.4 Å². The second-order valence-corrected chi connectivity index (χ2v) is 14.5. The summed E-state index contributed by atoms with van der Waals surface area (Å²) >= 11 is 0.978. The fourth-order valence-electron chi connectivity index (χ4n) is 5.99. The molecule has 1 atom stereocenters. The molecule has 0 aliphatic carbocycles. The lowest BCUT2D eigenvalue weighted by Gasteiger charge is -2.30. The zero-order valence-electron chi connectivity index (χ0n) is 27.0. The van der Waals surface area contributed by atoms with Crippen LogP contribution in [0, 0.1) is 5.92 Å². The number of thiophene rings is 1. The van der Waals surface area contributed by atoms with Crippen LogP contribution >= 0.6 is 11.3 Å². The van der Waals surface area contributed by atoms with E-state index < -0.39 is 27.9 Å². The molecule has 2 aliphatic rings. The van der Waals surface area contributed by atoms with Crippen LogP contribution in [-0.2, 0) is 37.3 Å². The summed E-state index contributed by atoms with van der Waals surface area (Å²) < 4.78 is 41.0. The number of carbonyl (C=O) groups is 3. The summed E-state index contributed by atoms with van der Waals surface area (Å²) in [7, 11) is -2.85. The Kier molecular flexibility index (Phi) is 11.4. The minimum absolute atomic E-state index is 0.0103. The molecule has 5 rings (SSSR count). The summed E-state index contributed by atoms with van der Waals surface area (Å²) in [5.74, 6) is -2.08. The van der Waals surface area contributed by atoms with Crippen LogP contribution in [0.25, 0.3) is 11.1 Å². The maximum absolute atomic E-state index is 13.9. The van der Waals surface area contributed by atoms with Gasteiger partial charge >= 0.3 is 11.9 Å². The van der Waals surface area contributed by atoms with Crippen molar-refractivity contribution in [3.05, 3.63) is 63.8 Å². The number of piperidine rings is 1. The molecule has 7 N–H and O–H groups in total. The summed E-state index contributed by atoms with van der Waals surface area (Å²) in [5, 5.41) is 13.6. The van der Waals surface area contributed by atoms with E-state index in [-0.39, 0.29) is 52.0 Å². The summed E-state index contributed by atoms with van der Waals surface area (Å²) in [6.07, 6.45) is 2.38. The van der Waals surface area contributed by atoms with E-state index in [9.17, 15) is 27.9 Å². The fourth-order valence-corrected chi connectivity index (χ4v) is 8.09. The van der Waals surface area contributed by atoms with E-state index in [4.69, 9.17) is 20.9 Å². The monoisotopic (exact) mass is 712 g/mol. The number of rotatable bonds is 14. The van der Waals surface area contributed by atoms with E-state index in [1.165, 1.54) is 13.2 Å².